The van der Waals surface area contributed by atoms with Crippen LogP contribution in [0.5, 0.6) is 5.75 Å². The number of esters is 1. The lowest BCUT2D eigenvalue weighted by Crippen LogP contribution is -2.16. The molecule has 0 unspecified atom stereocenters. The van der Waals surface area contributed by atoms with Crippen molar-refractivity contribution in [2.24, 2.45) is 0 Å². The van der Waals surface area contributed by atoms with Crippen LogP contribution in [0.25, 0.3) is 17.2 Å². The quantitative estimate of drug-likeness (QED) is 0.229. The molecule has 8 heteroatoms. The molecule has 1 heterocycles. The smallest absolute Gasteiger partial charge is 0.341 e. The van der Waals surface area contributed by atoms with Crippen molar-refractivity contribution in [2.75, 3.05) is 18.5 Å². The fourth-order valence-corrected chi connectivity index (χ4v) is 4.07. The number of ether oxygens (including phenoxy) is 2. The average molecular weight is 479 g/mol. The molecule has 174 valence electrons. The molecule has 1 amide bonds. The highest BCUT2D eigenvalue weighted by molar-refractivity contribution is 7.15. The predicted molar refractivity (Wildman–Crippen MR) is 130 cm³/mol. The number of nitriles is 1. The number of nitrogens with one attached hydrogen (secondary N) is 1. The van der Waals surface area contributed by atoms with Gasteiger partial charge >= 0.3 is 5.97 Å². The minimum Gasteiger partial charge on any atom is -0.493 e. The van der Waals surface area contributed by atoms with Crippen LogP contribution in [-0.2, 0) is 9.53 Å². The summed E-state index contributed by atoms with van der Waals surface area (Å²) in [5.41, 5.74) is 1.68. The summed E-state index contributed by atoms with van der Waals surface area (Å²) in [6.45, 7) is 4.30. The largest absolute Gasteiger partial charge is 0.493 e. The zero-order chi connectivity index (χ0) is 24.5. The van der Waals surface area contributed by atoms with Gasteiger partial charge in [-0.05, 0) is 43.2 Å². The molecular weight excluding hydrogens is 455 g/mol. The van der Waals surface area contributed by atoms with Crippen molar-refractivity contribution in [3.05, 3.63) is 76.4 Å². The predicted octanol–water partition coefficient (Wildman–Crippen LogP) is 6.07. The number of halogens is 1. The lowest BCUT2D eigenvalue weighted by atomic mass is 10.0. The first-order valence-corrected chi connectivity index (χ1v) is 11.6. The van der Waals surface area contributed by atoms with Gasteiger partial charge in [-0.2, -0.15) is 5.26 Å². The molecule has 1 N–H and O–H groups in total. The van der Waals surface area contributed by atoms with Gasteiger partial charge in [-0.25, -0.2) is 9.18 Å². The number of rotatable bonds is 9. The second-order valence-electron chi connectivity index (χ2n) is 7.09. The highest BCUT2D eigenvalue weighted by Gasteiger charge is 2.24. The number of amides is 1. The van der Waals surface area contributed by atoms with Crippen LogP contribution < -0.4 is 10.1 Å². The third-order valence-corrected chi connectivity index (χ3v) is 5.59. The molecule has 0 saturated heterocycles. The summed E-state index contributed by atoms with van der Waals surface area (Å²) < 4.78 is 24.2. The van der Waals surface area contributed by atoms with Crippen LogP contribution in [0, 0.1) is 17.1 Å². The molecule has 0 aliphatic carbocycles. The van der Waals surface area contributed by atoms with Gasteiger partial charge in [0.05, 0.1) is 13.2 Å². The van der Waals surface area contributed by atoms with Gasteiger partial charge in [-0.3, -0.25) is 4.79 Å². The van der Waals surface area contributed by atoms with Crippen LogP contribution in [0.15, 0.2) is 59.5 Å². The number of hydrogen-bond donors (Lipinski definition) is 1. The van der Waals surface area contributed by atoms with E-state index in [1.807, 2.05) is 19.1 Å². The van der Waals surface area contributed by atoms with E-state index in [0.29, 0.717) is 29.0 Å². The monoisotopic (exact) mass is 478 g/mol. The molecule has 0 spiro atoms. The minimum absolute atomic E-state index is 0.142. The Balaban J connectivity index is 1.94. The topological polar surface area (TPSA) is 88.4 Å². The summed E-state index contributed by atoms with van der Waals surface area (Å²) in [5, 5.41) is 14.2. The standard InChI is InChI=1S/C26H23FN2O4S/c1-3-13-33-22-8-6-5-7-18(22)14-19(15-28)24(30)29-25-23(26(31)32-4-2)21(16-34-25)17-9-11-20(27)12-10-17/h5-12,14,16H,3-4,13H2,1-2H3,(H,29,30)/b19-14+. The fraction of sp³-hybridized carbons (Fsp3) is 0.192. The van der Waals surface area contributed by atoms with E-state index in [-0.39, 0.29) is 22.7 Å². The maximum Gasteiger partial charge on any atom is 0.341 e. The summed E-state index contributed by atoms with van der Waals surface area (Å²) in [6, 6.07) is 14.7. The summed E-state index contributed by atoms with van der Waals surface area (Å²) in [4.78, 5) is 25.7. The molecule has 0 atom stereocenters. The van der Waals surface area contributed by atoms with E-state index in [0.717, 1.165) is 17.8 Å². The Labute approximate surface area is 201 Å². The van der Waals surface area contributed by atoms with Gasteiger partial charge < -0.3 is 14.8 Å². The molecule has 3 rings (SSSR count). The Morgan fingerprint density at radius 2 is 1.88 bits per heavy atom. The van der Waals surface area contributed by atoms with E-state index in [9.17, 15) is 19.2 Å². The molecule has 0 aliphatic heterocycles. The molecule has 0 fully saturated rings. The summed E-state index contributed by atoms with van der Waals surface area (Å²) in [6.07, 6.45) is 2.26. The molecule has 6 nitrogen and oxygen atoms in total. The fourth-order valence-electron chi connectivity index (χ4n) is 3.12. The van der Waals surface area contributed by atoms with Crippen LogP contribution in [-0.4, -0.2) is 25.1 Å². The van der Waals surface area contributed by atoms with Gasteiger partial charge in [0.2, 0.25) is 0 Å². The molecule has 2 aromatic carbocycles. The maximum absolute atomic E-state index is 13.4. The van der Waals surface area contributed by atoms with E-state index >= 15 is 0 Å². The number of hydrogen-bond acceptors (Lipinski definition) is 6. The van der Waals surface area contributed by atoms with Gasteiger partial charge in [-0.15, -0.1) is 11.3 Å². The molecule has 0 radical (unpaired) electrons. The molecule has 1 aromatic heterocycles. The first-order valence-electron chi connectivity index (χ1n) is 10.7. The van der Waals surface area contributed by atoms with Crippen LogP contribution in [0.4, 0.5) is 9.39 Å². The molecule has 0 bridgehead atoms. The normalized spacial score (nSPS) is 10.9. The maximum atomic E-state index is 13.4. The Kier molecular flexibility index (Phi) is 8.54. The number of carbonyl (C=O) groups excluding carboxylic acids is 2. The number of para-hydroxylation sites is 1. The Hall–Kier alpha value is -3.96. The molecule has 0 aliphatic rings. The Morgan fingerprint density at radius 1 is 1.15 bits per heavy atom. The van der Waals surface area contributed by atoms with Gasteiger partial charge in [-0.1, -0.05) is 37.3 Å². The molecule has 34 heavy (non-hydrogen) atoms. The SMILES string of the molecule is CCCOc1ccccc1/C=C(\C#N)C(=O)Nc1scc(-c2ccc(F)cc2)c1C(=O)OCC. The summed E-state index contributed by atoms with van der Waals surface area (Å²) in [5.74, 6) is -1.14. The van der Waals surface area contributed by atoms with Crippen LogP contribution in [0.1, 0.15) is 36.2 Å². The average Bonchev–Trinajstić information content (AvgIpc) is 3.25. The van der Waals surface area contributed by atoms with Crippen molar-refractivity contribution in [2.45, 2.75) is 20.3 Å². The number of carbonyl (C=O) groups is 2. The summed E-state index contributed by atoms with van der Waals surface area (Å²) in [7, 11) is 0. The van der Waals surface area contributed by atoms with Crippen molar-refractivity contribution in [3.8, 4) is 22.9 Å². The number of nitrogens with zero attached hydrogens (tertiary/aromatic N) is 1. The highest BCUT2D eigenvalue weighted by Crippen LogP contribution is 2.36. The van der Waals surface area contributed by atoms with Crippen LogP contribution >= 0.6 is 11.3 Å². The number of thiophene rings is 1. The van der Waals surface area contributed by atoms with Crippen molar-refractivity contribution in [1.29, 1.82) is 5.26 Å². The third-order valence-electron chi connectivity index (χ3n) is 4.70. The van der Waals surface area contributed by atoms with Gasteiger partial charge in [0, 0.05) is 16.5 Å². The van der Waals surface area contributed by atoms with Crippen LogP contribution in [0.3, 0.4) is 0 Å². The zero-order valence-corrected chi connectivity index (χ0v) is 19.6. The lowest BCUT2D eigenvalue weighted by Gasteiger charge is -2.10. The second kappa shape index (κ2) is 11.8. The van der Waals surface area contributed by atoms with Crippen molar-refractivity contribution < 1.29 is 23.5 Å². The second-order valence-corrected chi connectivity index (χ2v) is 7.97. The van der Waals surface area contributed by atoms with Crippen LogP contribution in [0.2, 0.25) is 0 Å². The Morgan fingerprint density at radius 3 is 2.56 bits per heavy atom. The molecule has 0 saturated carbocycles. The van der Waals surface area contributed by atoms with Crippen molar-refractivity contribution >= 4 is 34.3 Å². The minimum atomic E-state index is -0.675. The van der Waals surface area contributed by atoms with E-state index in [1.54, 1.807) is 42.6 Å². The first-order chi connectivity index (χ1) is 16.5. The molecular formula is C26H23FN2O4S. The number of anilines is 1. The number of benzene rings is 2. The zero-order valence-electron chi connectivity index (χ0n) is 18.8. The lowest BCUT2D eigenvalue weighted by molar-refractivity contribution is -0.112. The van der Waals surface area contributed by atoms with Crippen molar-refractivity contribution in [3.63, 3.8) is 0 Å². The van der Waals surface area contributed by atoms with Gasteiger partial charge in [0.25, 0.3) is 5.91 Å². The van der Waals surface area contributed by atoms with E-state index in [2.05, 4.69) is 5.32 Å². The molecule has 3 aromatic rings. The van der Waals surface area contributed by atoms with Crippen molar-refractivity contribution in [1.82, 2.24) is 0 Å². The summed E-state index contributed by atoms with van der Waals surface area (Å²) >= 11 is 1.12. The first kappa shape index (κ1) is 24.7. The highest BCUT2D eigenvalue weighted by atomic mass is 32.1. The Bertz CT molecular complexity index is 1240. The van der Waals surface area contributed by atoms with E-state index < -0.39 is 17.7 Å². The van der Waals surface area contributed by atoms with Gasteiger partial charge in [0.15, 0.2) is 0 Å². The van der Waals surface area contributed by atoms with Gasteiger partial charge in [0.1, 0.15) is 33.8 Å². The third kappa shape index (κ3) is 5.88. The van der Waals surface area contributed by atoms with E-state index in [4.69, 9.17) is 9.47 Å². The van der Waals surface area contributed by atoms with E-state index in [1.165, 1.54) is 18.2 Å².